The predicted molar refractivity (Wildman–Crippen MR) is 73.9 cm³/mol. The summed E-state index contributed by atoms with van der Waals surface area (Å²) in [5.74, 6) is -0.164. The van der Waals surface area contributed by atoms with Gasteiger partial charge in [-0.3, -0.25) is 4.79 Å². The van der Waals surface area contributed by atoms with E-state index in [1.807, 2.05) is 6.07 Å². The van der Waals surface area contributed by atoms with E-state index in [1.54, 1.807) is 18.3 Å². The number of pyridine rings is 1. The van der Waals surface area contributed by atoms with Gasteiger partial charge in [0, 0.05) is 18.8 Å². The van der Waals surface area contributed by atoms with Crippen LogP contribution in [-0.2, 0) is 16.4 Å². The number of aromatic nitrogens is 1. The molecule has 0 spiro atoms. The lowest BCUT2D eigenvalue weighted by Gasteiger charge is -2.06. The van der Waals surface area contributed by atoms with Crippen molar-refractivity contribution in [2.75, 3.05) is 5.75 Å². The number of hydrogen-bond donors (Lipinski definition) is 0. The first-order valence-electron chi connectivity index (χ1n) is 5.91. The SMILES string of the molecule is N#Cc1ccc(S(=O)(=O)CCn2ccccc2=O)cc1. The smallest absolute Gasteiger partial charge is 0.250 e. The molecule has 0 radical (unpaired) electrons. The van der Waals surface area contributed by atoms with Gasteiger partial charge in [-0.15, -0.1) is 0 Å². The van der Waals surface area contributed by atoms with Gasteiger partial charge in [-0.2, -0.15) is 5.26 Å². The number of nitriles is 1. The third kappa shape index (κ3) is 3.13. The van der Waals surface area contributed by atoms with E-state index in [4.69, 9.17) is 5.26 Å². The molecule has 1 heterocycles. The monoisotopic (exact) mass is 288 g/mol. The number of rotatable bonds is 4. The average molecular weight is 288 g/mol. The summed E-state index contributed by atoms with van der Waals surface area (Å²) in [6, 6.07) is 12.3. The van der Waals surface area contributed by atoms with Crippen LogP contribution >= 0.6 is 0 Å². The van der Waals surface area contributed by atoms with E-state index in [-0.39, 0.29) is 22.8 Å². The van der Waals surface area contributed by atoms with Crippen LogP contribution in [0.3, 0.4) is 0 Å². The van der Waals surface area contributed by atoms with Gasteiger partial charge in [0.25, 0.3) is 5.56 Å². The van der Waals surface area contributed by atoms with Gasteiger partial charge in [0.2, 0.25) is 0 Å². The van der Waals surface area contributed by atoms with Gasteiger partial charge in [-0.1, -0.05) is 6.07 Å². The highest BCUT2D eigenvalue weighted by atomic mass is 32.2. The minimum Gasteiger partial charge on any atom is -0.315 e. The number of sulfone groups is 1. The van der Waals surface area contributed by atoms with E-state index in [0.717, 1.165) is 0 Å². The molecule has 0 aliphatic carbocycles. The molecular formula is C14H12N2O3S. The Balaban J connectivity index is 2.17. The average Bonchev–Trinajstić information content (AvgIpc) is 2.46. The van der Waals surface area contributed by atoms with Crippen LogP contribution in [0.4, 0.5) is 0 Å². The molecule has 6 heteroatoms. The number of nitrogens with zero attached hydrogens (tertiary/aromatic N) is 2. The summed E-state index contributed by atoms with van der Waals surface area (Å²) in [4.78, 5) is 11.6. The maximum Gasteiger partial charge on any atom is 0.250 e. The lowest BCUT2D eigenvalue weighted by Crippen LogP contribution is -2.22. The van der Waals surface area contributed by atoms with Crippen molar-refractivity contribution in [3.63, 3.8) is 0 Å². The highest BCUT2D eigenvalue weighted by Gasteiger charge is 2.14. The van der Waals surface area contributed by atoms with Crippen LogP contribution in [0.2, 0.25) is 0 Å². The van der Waals surface area contributed by atoms with Gasteiger partial charge in [0.05, 0.1) is 22.3 Å². The molecule has 0 fully saturated rings. The van der Waals surface area contributed by atoms with Crippen molar-refractivity contribution in [2.24, 2.45) is 0 Å². The molecule has 1 aromatic heterocycles. The van der Waals surface area contributed by atoms with E-state index in [9.17, 15) is 13.2 Å². The zero-order valence-corrected chi connectivity index (χ0v) is 11.4. The zero-order chi connectivity index (χ0) is 14.6. The molecule has 2 rings (SSSR count). The Morgan fingerprint density at radius 3 is 2.40 bits per heavy atom. The Hall–Kier alpha value is -2.39. The normalized spacial score (nSPS) is 10.9. The number of hydrogen-bond acceptors (Lipinski definition) is 4. The fourth-order valence-electron chi connectivity index (χ4n) is 1.72. The Morgan fingerprint density at radius 1 is 1.10 bits per heavy atom. The minimum absolute atomic E-state index is 0.0992. The molecule has 0 amide bonds. The quantitative estimate of drug-likeness (QED) is 0.846. The second-order valence-corrected chi connectivity index (χ2v) is 6.30. The van der Waals surface area contributed by atoms with Crippen molar-refractivity contribution in [2.45, 2.75) is 11.4 Å². The molecule has 0 saturated heterocycles. The maximum absolute atomic E-state index is 12.1. The van der Waals surface area contributed by atoms with E-state index < -0.39 is 9.84 Å². The topological polar surface area (TPSA) is 79.9 Å². The molecule has 20 heavy (non-hydrogen) atoms. The van der Waals surface area contributed by atoms with Gasteiger partial charge >= 0.3 is 0 Å². The van der Waals surface area contributed by atoms with Gasteiger partial charge in [0.1, 0.15) is 0 Å². The van der Waals surface area contributed by atoms with Crippen LogP contribution in [0.1, 0.15) is 5.56 Å². The molecule has 0 N–H and O–H groups in total. The minimum atomic E-state index is -3.47. The molecule has 0 bridgehead atoms. The third-order valence-corrected chi connectivity index (χ3v) is 4.55. The van der Waals surface area contributed by atoms with Crippen LogP contribution < -0.4 is 5.56 Å². The van der Waals surface area contributed by atoms with Gasteiger partial charge < -0.3 is 4.57 Å². The van der Waals surface area contributed by atoms with Crippen molar-refractivity contribution >= 4 is 9.84 Å². The molecule has 5 nitrogen and oxygen atoms in total. The molecular weight excluding hydrogens is 276 g/mol. The third-order valence-electron chi connectivity index (χ3n) is 2.84. The predicted octanol–water partition coefficient (Wildman–Crippen LogP) is 1.19. The molecule has 102 valence electrons. The second kappa shape index (κ2) is 5.72. The van der Waals surface area contributed by atoms with E-state index in [1.165, 1.54) is 34.9 Å². The van der Waals surface area contributed by atoms with Crippen LogP contribution in [0.15, 0.2) is 58.4 Å². The summed E-state index contributed by atoms with van der Waals surface area (Å²) < 4.78 is 25.6. The van der Waals surface area contributed by atoms with Crippen LogP contribution in [-0.4, -0.2) is 18.7 Å². The van der Waals surface area contributed by atoms with E-state index in [2.05, 4.69) is 0 Å². The zero-order valence-electron chi connectivity index (χ0n) is 10.6. The molecule has 0 saturated carbocycles. The number of aryl methyl sites for hydroxylation is 1. The molecule has 0 atom stereocenters. The Morgan fingerprint density at radius 2 is 1.80 bits per heavy atom. The largest absolute Gasteiger partial charge is 0.315 e. The summed E-state index contributed by atoms with van der Waals surface area (Å²) in [7, 11) is -3.47. The Labute approximate surface area is 116 Å². The molecule has 0 unspecified atom stereocenters. The lowest BCUT2D eigenvalue weighted by molar-refractivity contribution is 0.587. The van der Waals surface area contributed by atoms with Crippen molar-refractivity contribution in [3.05, 3.63) is 64.6 Å². The fraction of sp³-hybridized carbons (Fsp3) is 0.143. The first-order chi connectivity index (χ1) is 9.53. The summed E-state index contributed by atoms with van der Waals surface area (Å²) >= 11 is 0. The summed E-state index contributed by atoms with van der Waals surface area (Å²) in [5, 5.41) is 8.68. The van der Waals surface area contributed by atoms with E-state index in [0.29, 0.717) is 5.56 Å². The number of benzene rings is 1. The van der Waals surface area contributed by atoms with Crippen molar-refractivity contribution in [3.8, 4) is 6.07 Å². The summed E-state index contributed by atoms with van der Waals surface area (Å²) in [6.45, 7) is 0.0992. The first-order valence-corrected chi connectivity index (χ1v) is 7.56. The standard InChI is InChI=1S/C14H12N2O3S/c15-11-12-4-6-13(7-5-12)20(18,19)10-9-16-8-2-1-3-14(16)17/h1-8H,9-10H2. The lowest BCUT2D eigenvalue weighted by atomic mass is 10.2. The van der Waals surface area contributed by atoms with Gasteiger partial charge in [-0.25, -0.2) is 8.42 Å². The van der Waals surface area contributed by atoms with Crippen molar-refractivity contribution in [1.82, 2.24) is 4.57 Å². The Kier molecular flexibility index (Phi) is 4.01. The van der Waals surface area contributed by atoms with Crippen LogP contribution in [0.5, 0.6) is 0 Å². The first kappa shape index (κ1) is 14.0. The van der Waals surface area contributed by atoms with Gasteiger partial charge in [-0.05, 0) is 30.3 Å². The van der Waals surface area contributed by atoms with Crippen molar-refractivity contribution < 1.29 is 8.42 Å². The molecule has 1 aromatic carbocycles. The Bertz CT molecular complexity index is 799. The van der Waals surface area contributed by atoms with Gasteiger partial charge in [0.15, 0.2) is 9.84 Å². The second-order valence-electron chi connectivity index (χ2n) is 4.19. The molecule has 0 aliphatic heterocycles. The van der Waals surface area contributed by atoms with Crippen LogP contribution in [0.25, 0.3) is 0 Å². The van der Waals surface area contributed by atoms with E-state index >= 15 is 0 Å². The molecule has 0 aliphatic rings. The fourth-order valence-corrected chi connectivity index (χ4v) is 2.94. The molecule has 2 aromatic rings. The van der Waals surface area contributed by atoms with Crippen molar-refractivity contribution in [1.29, 1.82) is 5.26 Å². The summed E-state index contributed by atoms with van der Waals surface area (Å²) in [5.41, 5.74) is 0.172. The highest BCUT2D eigenvalue weighted by molar-refractivity contribution is 7.91. The summed E-state index contributed by atoms with van der Waals surface area (Å²) in [6.07, 6.45) is 1.55. The highest BCUT2D eigenvalue weighted by Crippen LogP contribution is 2.12. The van der Waals surface area contributed by atoms with Crippen LogP contribution in [0, 0.1) is 11.3 Å². The maximum atomic E-state index is 12.1.